The van der Waals surface area contributed by atoms with Crippen molar-refractivity contribution in [2.24, 2.45) is 0 Å². The lowest BCUT2D eigenvalue weighted by atomic mass is 10.1. The average Bonchev–Trinajstić information content (AvgIpc) is 2.66. The molecule has 3 aromatic rings. The van der Waals surface area contributed by atoms with Crippen molar-refractivity contribution in [3.05, 3.63) is 70.1 Å². The fourth-order valence-corrected chi connectivity index (χ4v) is 2.70. The van der Waals surface area contributed by atoms with Crippen LogP contribution in [0.25, 0.3) is 11.0 Å². The third kappa shape index (κ3) is 3.85. The molecule has 6 heteroatoms. The number of amides is 1. The van der Waals surface area contributed by atoms with Crippen molar-refractivity contribution in [3.63, 3.8) is 0 Å². The Morgan fingerprint density at radius 3 is 2.58 bits per heavy atom. The summed E-state index contributed by atoms with van der Waals surface area (Å²) in [6.45, 7) is 0.434. The zero-order chi connectivity index (χ0) is 18.5. The maximum atomic E-state index is 12.5. The summed E-state index contributed by atoms with van der Waals surface area (Å²) in [7, 11) is 3.14. The van der Waals surface area contributed by atoms with E-state index >= 15 is 0 Å². The van der Waals surface area contributed by atoms with Crippen LogP contribution >= 0.6 is 0 Å². The molecule has 1 amide bonds. The van der Waals surface area contributed by atoms with Gasteiger partial charge in [0.15, 0.2) is 0 Å². The number of ether oxygens (including phenoxy) is 2. The molecule has 0 fully saturated rings. The van der Waals surface area contributed by atoms with E-state index in [1.54, 1.807) is 25.3 Å². The van der Waals surface area contributed by atoms with Gasteiger partial charge in [0.1, 0.15) is 17.1 Å². The summed E-state index contributed by atoms with van der Waals surface area (Å²) in [5.41, 5.74) is 1.06. The van der Waals surface area contributed by atoms with Gasteiger partial charge in [-0.15, -0.1) is 0 Å². The second-order valence-corrected chi connectivity index (χ2v) is 5.70. The lowest BCUT2D eigenvalue weighted by Gasteiger charge is -2.09. The second-order valence-electron chi connectivity index (χ2n) is 5.70. The van der Waals surface area contributed by atoms with Crippen molar-refractivity contribution >= 4 is 16.9 Å². The molecule has 3 rings (SSSR count). The molecule has 1 aromatic heterocycles. The smallest absolute Gasteiger partial charge is 0.337 e. The van der Waals surface area contributed by atoms with E-state index in [0.717, 1.165) is 11.3 Å². The minimum absolute atomic E-state index is 0.282. The maximum absolute atomic E-state index is 12.5. The summed E-state index contributed by atoms with van der Waals surface area (Å²) in [5.74, 6) is 1.00. The van der Waals surface area contributed by atoms with E-state index in [0.29, 0.717) is 29.7 Å². The zero-order valence-electron chi connectivity index (χ0n) is 14.6. The highest BCUT2D eigenvalue weighted by Gasteiger charge is 2.13. The van der Waals surface area contributed by atoms with Gasteiger partial charge in [-0.05, 0) is 36.2 Å². The third-order valence-electron chi connectivity index (χ3n) is 4.03. The number of rotatable bonds is 6. The first-order valence-electron chi connectivity index (χ1n) is 8.14. The first-order chi connectivity index (χ1) is 12.6. The third-order valence-corrected chi connectivity index (χ3v) is 4.03. The van der Waals surface area contributed by atoms with E-state index < -0.39 is 5.63 Å². The van der Waals surface area contributed by atoms with Crippen LogP contribution in [-0.2, 0) is 6.42 Å². The van der Waals surface area contributed by atoms with Gasteiger partial charge in [-0.3, -0.25) is 4.79 Å². The van der Waals surface area contributed by atoms with Crippen molar-refractivity contribution in [1.29, 1.82) is 0 Å². The summed E-state index contributed by atoms with van der Waals surface area (Å²) < 4.78 is 15.5. The van der Waals surface area contributed by atoms with E-state index in [2.05, 4.69) is 5.32 Å². The van der Waals surface area contributed by atoms with Crippen LogP contribution in [0.1, 0.15) is 15.9 Å². The Labute approximate surface area is 150 Å². The number of fused-ring (bicyclic) bond motifs is 1. The number of benzene rings is 2. The predicted octanol–water partition coefficient (Wildman–Crippen LogP) is 2.78. The minimum atomic E-state index is -0.580. The Morgan fingerprint density at radius 1 is 1.04 bits per heavy atom. The first kappa shape index (κ1) is 17.5. The quantitative estimate of drug-likeness (QED) is 0.690. The second kappa shape index (κ2) is 7.74. The van der Waals surface area contributed by atoms with Gasteiger partial charge in [0.25, 0.3) is 5.91 Å². The van der Waals surface area contributed by atoms with Gasteiger partial charge in [0, 0.05) is 24.1 Å². The normalized spacial score (nSPS) is 10.5. The molecular weight excluding hydrogens is 334 g/mol. The Balaban J connectivity index is 1.76. The van der Waals surface area contributed by atoms with Crippen LogP contribution in [0.15, 0.2) is 57.7 Å². The number of hydrogen-bond donors (Lipinski definition) is 1. The molecule has 134 valence electrons. The van der Waals surface area contributed by atoms with Gasteiger partial charge >= 0.3 is 5.63 Å². The van der Waals surface area contributed by atoms with Crippen molar-refractivity contribution < 1.29 is 18.7 Å². The minimum Gasteiger partial charge on any atom is -0.497 e. The summed E-state index contributed by atoms with van der Waals surface area (Å²) in [4.78, 5) is 24.3. The lowest BCUT2D eigenvalue weighted by Crippen LogP contribution is -2.26. The van der Waals surface area contributed by atoms with E-state index in [1.807, 2.05) is 24.3 Å². The van der Waals surface area contributed by atoms with Crippen LogP contribution in [0, 0.1) is 0 Å². The molecule has 2 aromatic carbocycles. The topological polar surface area (TPSA) is 77.8 Å². The van der Waals surface area contributed by atoms with Crippen molar-refractivity contribution in [2.75, 3.05) is 20.8 Å². The van der Waals surface area contributed by atoms with Crippen molar-refractivity contribution in [2.45, 2.75) is 6.42 Å². The van der Waals surface area contributed by atoms with Gasteiger partial charge in [-0.2, -0.15) is 0 Å². The molecular formula is C20H19NO5. The van der Waals surface area contributed by atoms with Crippen molar-refractivity contribution in [1.82, 2.24) is 5.32 Å². The summed E-state index contributed by atoms with van der Waals surface area (Å²) in [6, 6.07) is 13.9. The van der Waals surface area contributed by atoms with Crippen molar-refractivity contribution in [3.8, 4) is 11.5 Å². The summed E-state index contributed by atoms with van der Waals surface area (Å²) in [5, 5.41) is 3.40. The molecule has 0 aliphatic heterocycles. The van der Waals surface area contributed by atoms with Crippen LogP contribution in [0.3, 0.4) is 0 Å². The SMILES string of the molecule is COc1cccc(CCNC(=O)c2cc(=O)oc3cc(OC)ccc23)c1. The molecule has 26 heavy (non-hydrogen) atoms. The van der Waals surface area contributed by atoms with E-state index in [1.165, 1.54) is 13.2 Å². The number of methoxy groups -OCH3 is 2. The monoisotopic (exact) mass is 353 g/mol. The Hall–Kier alpha value is -3.28. The Kier molecular flexibility index (Phi) is 5.22. The highest BCUT2D eigenvalue weighted by molar-refractivity contribution is 6.05. The fraction of sp³-hybridized carbons (Fsp3) is 0.200. The van der Waals surface area contributed by atoms with E-state index in [9.17, 15) is 9.59 Å². The van der Waals surface area contributed by atoms with Gasteiger partial charge < -0.3 is 19.2 Å². The fourth-order valence-electron chi connectivity index (χ4n) is 2.70. The molecule has 1 heterocycles. The Bertz CT molecular complexity index is 993. The van der Waals surface area contributed by atoms with Crippen LogP contribution in [0.5, 0.6) is 11.5 Å². The first-order valence-corrected chi connectivity index (χ1v) is 8.14. The maximum Gasteiger partial charge on any atom is 0.337 e. The van der Waals surface area contributed by atoms with Gasteiger partial charge in [-0.25, -0.2) is 4.79 Å². The van der Waals surface area contributed by atoms with E-state index in [-0.39, 0.29) is 11.5 Å². The number of nitrogens with one attached hydrogen (secondary N) is 1. The number of carbonyl (C=O) groups is 1. The molecule has 6 nitrogen and oxygen atoms in total. The van der Waals surface area contributed by atoms with Gasteiger partial charge in [0.05, 0.1) is 19.8 Å². The molecule has 0 radical (unpaired) electrons. The molecule has 0 unspecified atom stereocenters. The highest BCUT2D eigenvalue weighted by atomic mass is 16.5. The van der Waals surface area contributed by atoms with Crippen LogP contribution < -0.4 is 20.4 Å². The summed E-state index contributed by atoms with van der Waals surface area (Å²) >= 11 is 0. The number of carbonyl (C=O) groups excluding carboxylic acids is 1. The highest BCUT2D eigenvalue weighted by Crippen LogP contribution is 2.22. The molecule has 0 bridgehead atoms. The molecule has 0 aliphatic rings. The van der Waals surface area contributed by atoms with Crippen LogP contribution in [0.4, 0.5) is 0 Å². The molecule has 1 N–H and O–H groups in total. The van der Waals surface area contributed by atoms with E-state index in [4.69, 9.17) is 13.9 Å². The Morgan fingerprint density at radius 2 is 1.81 bits per heavy atom. The van der Waals surface area contributed by atoms with Gasteiger partial charge in [0.2, 0.25) is 0 Å². The molecule has 0 saturated heterocycles. The van der Waals surface area contributed by atoms with Crippen LogP contribution in [0.2, 0.25) is 0 Å². The van der Waals surface area contributed by atoms with Gasteiger partial charge in [-0.1, -0.05) is 12.1 Å². The largest absolute Gasteiger partial charge is 0.497 e. The molecule has 0 atom stereocenters. The average molecular weight is 353 g/mol. The predicted molar refractivity (Wildman–Crippen MR) is 98.1 cm³/mol. The summed E-state index contributed by atoms with van der Waals surface area (Å²) in [6.07, 6.45) is 0.649. The zero-order valence-corrected chi connectivity index (χ0v) is 14.6. The number of hydrogen-bond acceptors (Lipinski definition) is 5. The van der Waals surface area contributed by atoms with Crippen LogP contribution in [-0.4, -0.2) is 26.7 Å². The molecule has 0 aliphatic carbocycles. The lowest BCUT2D eigenvalue weighted by molar-refractivity contribution is 0.0955. The molecule has 0 spiro atoms. The molecule has 0 saturated carbocycles. The standard InChI is InChI=1S/C20H19NO5/c1-24-14-5-3-4-13(10-14)8-9-21-20(23)17-12-19(22)26-18-11-15(25-2)6-7-16(17)18/h3-7,10-12H,8-9H2,1-2H3,(H,21,23).